The van der Waals surface area contributed by atoms with E-state index in [0.29, 0.717) is 6.04 Å². The van der Waals surface area contributed by atoms with Crippen LogP contribution in [-0.4, -0.2) is 35.6 Å². The largest absolute Gasteiger partial charge is 0.315 e. The van der Waals surface area contributed by atoms with Gasteiger partial charge in [-0.2, -0.15) is 0 Å². The molecule has 1 aromatic heterocycles. The molecule has 2 rings (SSSR count). The summed E-state index contributed by atoms with van der Waals surface area (Å²) >= 11 is 0. The SMILES string of the molecule is CCCN(Cc1ncccc1C)C1CCCNC1. The summed E-state index contributed by atoms with van der Waals surface area (Å²) in [6.07, 6.45) is 5.74. The molecule has 18 heavy (non-hydrogen) atoms. The van der Waals surface area contributed by atoms with E-state index in [1.807, 2.05) is 12.3 Å². The van der Waals surface area contributed by atoms with Crippen molar-refractivity contribution in [2.75, 3.05) is 19.6 Å². The van der Waals surface area contributed by atoms with E-state index >= 15 is 0 Å². The van der Waals surface area contributed by atoms with Gasteiger partial charge in [0.2, 0.25) is 0 Å². The molecule has 3 nitrogen and oxygen atoms in total. The van der Waals surface area contributed by atoms with Crippen LogP contribution < -0.4 is 5.32 Å². The topological polar surface area (TPSA) is 28.2 Å². The van der Waals surface area contributed by atoms with Gasteiger partial charge in [0.25, 0.3) is 0 Å². The molecule has 100 valence electrons. The van der Waals surface area contributed by atoms with Crippen molar-refractivity contribution in [3.05, 3.63) is 29.6 Å². The van der Waals surface area contributed by atoms with Crippen LogP contribution in [0.5, 0.6) is 0 Å². The first-order chi connectivity index (χ1) is 8.81. The van der Waals surface area contributed by atoms with Gasteiger partial charge in [-0.3, -0.25) is 9.88 Å². The van der Waals surface area contributed by atoms with Crippen molar-refractivity contribution in [3.8, 4) is 0 Å². The first kappa shape index (κ1) is 13.5. The minimum Gasteiger partial charge on any atom is -0.315 e. The number of piperidine rings is 1. The van der Waals surface area contributed by atoms with Crippen LogP contribution in [0.1, 0.15) is 37.4 Å². The van der Waals surface area contributed by atoms with Crippen molar-refractivity contribution in [1.82, 2.24) is 15.2 Å². The third kappa shape index (κ3) is 3.53. The number of nitrogens with zero attached hydrogens (tertiary/aromatic N) is 2. The summed E-state index contributed by atoms with van der Waals surface area (Å²) in [5, 5.41) is 3.51. The lowest BCUT2D eigenvalue weighted by atomic mass is 10.0. The molecular weight excluding hydrogens is 222 g/mol. The maximum atomic E-state index is 4.53. The maximum absolute atomic E-state index is 4.53. The summed E-state index contributed by atoms with van der Waals surface area (Å²) in [4.78, 5) is 7.13. The first-order valence-electron chi connectivity index (χ1n) is 7.16. The van der Waals surface area contributed by atoms with Gasteiger partial charge < -0.3 is 5.32 Å². The van der Waals surface area contributed by atoms with Crippen LogP contribution in [0.25, 0.3) is 0 Å². The molecule has 0 bridgehead atoms. The molecule has 3 heteroatoms. The number of aryl methyl sites for hydroxylation is 1. The molecule has 1 aromatic rings. The van der Waals surface area contributed by atoms with Gasteiger partial charge in [-0.25, -0.2) is 0 Å². The normalized spacial score (nSPS) is 20.3. The van der Waals surface area contributed by atoms with Crippen molar-refractivity contribution >= 4 is 0 Å². The standard InChI is InChI=1S/C15H25N3/c1-3-10-18(14-7-5-8-16-11-14)12-15-13(2)6-4-9-17-15/h4,6,9,14,16H,3,5,7-8,10-12H2,1-2H3. The molecule has 1 N–H and O–H groups in total. The average Bonchev–Trinajstić information content (AvgIpc) is 2.42. The Kier molecular flexibility index (Phi) is 5.14. The van der Waals surface area contributed by atoms with Crippen LogP contribution in [0.4, 0.5) is 0 Å². The molecule has 0 aromatic carbocycles. The summed E-state index contributed by atoms with van der Waals surface area (Å²) in [6.45, 7) is 8.89. The summed E-state index contributed by atoms with van der Waals surface area (Å²) in [5.74, 6) is 0. The maximum Gasteiger partial charge on any atom is 0.0573 e. The molecule has 0 aliphatic carbocycles. The Hall–Kier alpha value is -0.930. The Labute approximate surface area is 111 Å². The van der Waals surface area contributed by atoms with E-state index in [4.69, 9.17) is 0 Å². The minimum atomic E-state index is 0.681. The summed E-state index contributed by atoms with van der Waals surface area (Å²) in [7, 11) is 0. The highest BCUT2D eigenvalue weighted by molar-refractivity contribution is 5.17. The molecule has 0 saturated carbocycles. The first-order valence-corrected chi connectivity index (χ1v) is 7.16. The monoisotopic (exact) mass is 247 g/mol. The smallest absolute Gasteiger partial charge is 0.0573 e. The van der Waals surface area contributed by atoms with E-state index in [-0.39, 0.29) is 0 Å². The Bertz CT molecular complexity index is 359. The quantitative estimate of drug-likeness (QED) is 0.865. The lowest BCUT2D eigenvalue weighted by molar-refractivity contribution is 0.156. The van der Waals surface area contributed by atoms with E-state index in [9.17, 15) is 0 Å². The van der Waals surface area contributed by atoms with Gasteiger partial charge in [-0.1, -0.05) is 13.0 Å². The average molecular weight is 247 g/mol. The fourth-order valence-electron chi connectivity index (χ4n) is 2.70. The van der Waals surface area contributed by atoms with Gasteiger partial charge in [-0.05, 0) is 50.9 Å². The van der Waals surface area contributed by atoms with Gasteiger partial charge in [0, 0.05) is 25.3 Å². The fourth-order valence-corrected chi connectivity index (χ4v) is 2.70. The predicted octanol–water partition coefficient (Wildman–Crippen LogP) is 2.35. The van der Waals surface area contributed by atoms with E-state index in [1.54, 1.807) is 0 Å². The van der Waals surface area contributed by atoms with E-state index in [1.165, 1.54) is 43.6 Å². The second-order valence-electron chi connectivity index (χ2n) is 5.24. The zero-order chi connectivity index (χ0) is 12.8. The molecule has 2 heterocycles. The van der Waals surface area contributed by atoms with Crippen LogP contribution >= 0.6 is 0 Å². The van der Waals surface area contributed by atoms with Crippen LogP contribution in [0.3, 0.4) is 0 Å². The van der Waals surface area contributed by atoms with Gasteiger partial charge >= 0.3 is 0 Å². The molecule has 1 atom stereocenters. The molecular formula is C15H25N3. The van der Waals surface area contributed by atoms with Crippen molar-refractivity contribution in [1.29, 1.82) is 0 Å². The Morgan fingerprint density at radius 3 is 3.06 bits per heavy atom. The molecule has 0 radical (unpaired) electrons. The second-order valence-corrected chi connectivity index (χ2v) is 5.24. The van der Waals surface area contributed by atoms with Crippen molar-refractivity contribution in [2.45, 2.75) is 45.7 Å². The molecule has 1 aliphatic heterocycles. The van der Waals surface area contributed by atoms with Gasteiger partial charge in [0.1, 0.15) is 0 Å². The minimum absolute atomic E-state index is 0.681. The van der Waals surface area contributed by atoms with Crippen molar-refractivity contribution < 1.29 is 0 Å². The Balaban J connectivity index is 2.03. The molecule has 1 unspecified atom stereocenters. The van der Waals surface area contributed by atoms with Crippen LogP contribution in [0, 0.1) is 6.92 Å². The number of rotatable bonds is 5. The highest BCUT2D eigenvalue weighted by Crippen LogP contribution is 2.15. The Morgan fingerprint density at radius 1 is 1.50 bits per heavy atom. The molecule has 1 saturated heterocycles. The Morgan fingerprint density at radius 2 is 2.39 bits per heavy atom. The summed E-state index contributed by atoms with van der Waals surface area (Å²) < 4.78 is 0. The zero-order valence-electron chi connectivity index (χ0n) is 11.7. The second kappa shape index (κ2) is 6.86. The number of nitrogens with one attached hydrogen (secondary N) is 1. The van der Waals surface area contributed by atoms with Gasteiger partial charge in [-0.15, -0.1) is 0 Å². The van der Waals surface area contributed by atoms with Crippen LogP contribution in [0.2, 0.25) is 0 Å². The predicted molar refractivity (Wildman–Crippen MR) is 75.6 cm³/mol. The summed E-state index contributed by atoms with van der Waals surface area (Å²) in [5.41, 5.74) is 2.54. The van der Waals surface area contributed by atoms with Gasteiger partial charge in [0.15, 0.2) is 0 Å². The third-order valence-corrected chi connectivity index (χ3v) is 3.77. The summed E-state index contributed by atoms with van der Waals surface area (Å²) in [6, 6.07) is 4.86. The third-order valence-electron chi connectivity index (χ3n) is 3.77. The van der Waals surface area contributed by atoms with Gasteiger partial charge in [0.05, 0.1) is 5.69 Å². The van der Waals surface area contributed by atoms with E-state index in [0.717, 1.165) is 13.1 Å². The van der Waals surface area contributed by atoms with E-state index in [2.05, 4.69) is 35.1 Å². The lowest BCUT2D eigenvalue weighted by Gasteiger charge is -2.34. The fraction of sp³-hybridized carbons (Fsp3) is 0.667. The van der Waals surface area contributed by atoms with Crippen molar-refractivity contribution in [3.63, 3.8) is 0 Å². The molecule has 1 aliphatic rings. The lowest BCUT2D eigenvalue weighted by Crippen LogP contribution is -2.46. The van der Waals surface area contributed by atoms with Crippen LogP contribution in [0.15, 0.2) is 18.3 Å². The molecule has 0 amide bonds. The van der Waals surface area contributed by atoms with Crippen molar-refractivity contribution in [2.24, 2.45) is 0 Å². The molecule has 0 spiro atoms. The number of hydrogen-bond donors (Lipinski definition) is 1. The number of aromatic nitrogens is 1. The van der Waals surface area contributed by atoms with E-state index < -0.39 is 0 Å². The number of pyridine rings is 1. The highest BCUT2D eigenvalue weighted by atomic mass is 15.2. The highest BCUT2D eigenvalue weighted by Gasteiger charge is 2.21. The van der Waals surface area contributed by atoms with Crippen LogP contribution in [-0.2, 0) is 6.54 Å². The number of hydrogen-bond acceptors (Lipinski definition) is 3. The zero-order valence-corrected chi connectivity index (χ0v) is 11.7. The molecule has 1 fully saturated rings.